The van der Waals surface area contributed by atoms with E-state index in [0.29, 0.717) is 30.8 Å². The molecule has 7 heteroatoms. The number of halogens is 3. The first-order valence-electron chi connectivity index (χ1n) is 7.70. The zero-order valence-corrected chi connectivity index (χ0v) is 16.3. The van der Waals surface area contributed by atoms with E-state index in [9.17, 15) is 4.79 Å². The highest BCUT2D eigenvalue weighted by Crippen LogP contribution is 2.32. The fourth-order valence-electron chi connectivity index (χ4n) is 2.80. The Kier molecular flexibility index (Phi) is 4.76. The quantitative estimate of drug-likeness (QED) is 0.398. The maximum absolute atomic E-state index is 13.1. The van der Waals surface area contributed by atoms with Gasteiger partial charge in [-0.2, -0.15) is 0 Å². The minimum Gasteiger partial charge on any atom is -0.294 e. The summed E-state index contributed by atoms with van der Waals surface area (Å²) in [7, 11) is 0. The van der Waals surface area contributed by atoms with Crippen LogP contribution in [0.3, 0.4) is 0 Å². The summed E-state index contributed by atoms with van der Waals surface area (Å²) in [5.74, 6) is 0. The van der Waals surface area contributed by atoms with Gasteiger partial charge in [0.2, 0.25) is 0 Å². The molecule has 26 heavy (non-hydrogen) atoms. The van der Waals surface area contributed by atoms with Gasteiger partial charge in [0.1, 0.15) is 4.83 Å². The van der Waals surface area contributed by atoms with E-state index >= 15 is 0 Å². The van der Waals surface area contributed by atoms with Gasteiger partial charge in [-0.05, 0) is 17.7 Å². The van der Waals surface area contributed by atoms with Crippen molar-refractivity contribution in [2.45, 2.75) is 6.54 Å². The summed E-state index contributed by atoms with van der Waals surface area (Å²) in [5, 5.41) is 3.85. The van der Waals surface area contributed by atoms with Crippen LogP contribution in [0, 0.1) is 0 Å². The zero-order valence-electron chi connectivity index (χ0n) is 13.2. The van der Waals surface area contributed by atoms with Crippen molar-refractivity contribution in [3.63, 3.8) is 0 Å². The van der Waals surface area contributed by atoms with Gasteiger partial charge in [-0.3, -0.25) is 9.36 Å². The molecule has 0 aliphatic rings. The molecule has 0 unspecified atom stereocenters. The summed E-state index contributed by atoms with van der Waals surface area (Å²) >= 11 is 19.9. The molecular formula is C19H11Cl3N2OS. The summed E-state index contributed by atoms with van der Waals surface area (Å²) in [6.45, 7) is 0.223. The van der Waals surface area contributed by atoms with E-state index in [-0.39, 0.29) is 12.1 Å². The minimum atomic E-state index is -0.128. The molecule has 130 valence electrons. The molecule has 3 nitrogen and oxygen atoms in total. The Labute approximate surface area is 168 Å². The first kappa shape index (κ1) is 17.6. The molecular weight excluding hydrogens is 411 g/mol. The second-order valence-electron chi connectivity index (χ2n) is 5.72. The van der Waals surface area contributed by atoms with Crippen molar-refractivity contribution in [3.05, 3.63) is 85.2 Å². The predicted molar refractivity (Wildman–Crippen MR) is 110 cm³/mol. The molecule has 0 amide bonds. The number of nitrogens with zero attached hydrogens (tertiary/aromatic N) is 2. The first-order valence-corrected chi connectivity index (χ1v) is 9.71. The van der Waals surface area contributed by atoms with Gasteiger partial charge in [0, 0.05) is 31.6 Å². The maximum atomic E-state index is 13.1. The monoisotopic (exact) mass is 420 g/mol. The average molecular weight is 422 g/mol. The number of hydrogen-bond donors (Lipinski definition) is 0. The smallest absolute Gasteiger partial charge is 0.263 e. The number of hydrogen-bond acceptors (Lipinski definition) is 3. The second kappa shape index (κ2) is 7.05. The molecule has 0 fully saturated rings. The van der Waals surface area contributed by atoms with Crippen LogP contribution in [0.25, 0.3) is 21.3 Å². The average Bonchev–Trinajstić information content (AvgIpc) is 3.05. The molecule has 0 saturated carbocycles. The largest absolute Gasteiger partial charge is 0.294 e. The van der Waals surface area contributed by atoms with Crippen LogP contribution in [0.2, 0.25) is 15.1 Å². The lowest BCUT2D eigenvalue weighted by atomic mass is 10.1. The van der Waals surface area contributed by atoms with Crippen molar-refractivity contribution in [3.8, 4) is 11.1 Å². The van der Waals surface area contributed by atoms with Crippen LogP contribution in [-0.4, -0.2) is 9.55 Å². The molecule has 0 bridgehead atoms. The predicted octanol–water partition coefficient (Wildman–Crippen LogP) is 6.13. The molecule has 0 aliphatic heterocycles. The van der Waals surface area contributed by atoms with Gasteiger partial charge in [-0.1, -0.05) is 65.1 Å². The van der Waals surface area contributed by atoms with Crippen LogP contribution >= 0.6 is 46.1 Å². The minimum absolute atomic E-state index is 0.128. The van der Waals surface area contributed by atoms with Gasteiger partial charge in [0.05, 0.1) is 18.3 Å². The van der Waals surface area contributed by atoms with Gasteiger partial charge >= 0.3 is 0 Å². The molecule has 0 atom stereocenters. The van der Waals surface area contributed by atoms with Crippen LogP contribution in [0.5, 0.6) is 0 Å². The molecule has 2 heterocycles. The summed E-state index contributed by atoms with van der Waals surface area (Å²) < 4.78 is 1.52. The number of aromatic nitrogens is 2. The van der Waals surface area contributed by atoms with Crippen molar-refractivity contribution in [1.82, 2.24) is 9.55 Å². The first-order chi connectivity index (χ1) is 12.5. The standard InChI is InChI=1S/C19H11Cl3N2OS/c20-12-6-15(21)13(16(22)7-12)8-24-10-23-18-17(19(24)25)14(9-26-18)11-4-2-1-3-5-11/h1-7,9-10H,8H2. The number of fused-ring (bicyclic) bond motifs is 1. The Hall–Kier alpha value is -1.85. The fourth-order valence-corrected chi connectivity index (χ4v) is 4.65. The highest BCUT2D eigenvalue weighted by molar-refractivity contribution is 7.17. The molecule has 4 rings (SSSR count). The van der Waals surface area contributed by atoms with Crippen LogP contribution in [0.15, 0.2) is 59.0 Å². The van der Waals surface area contributed by atoms with Gasteiger partial charge in [-0.25, -0.2) is 4.98 Å². The lowest BCUT2D eigenvalue weighted by Gasteiger charge is -2.10. The highest BCUT2D eigenvalue weighted by Gasteiger charge is 2.15. The lowest BCUT2D eigenvalue weighted by Crippen LogP contribution is -2.21. The summed E-state index contributed by atoms with van der Waals surface area (Å²) in [6, 6.07) is 13.0. The normalized spacial score (nSPS) is 11.2. The van der Waals surface area contributed by atoms with Crippen LogP contribution < -0.4 is 5.56 Å². The van der Waals surface area contributed by atoms with E-state index < -0.39 is 0 Å². The molecule has 4 aromatic rings. The van der Waals surface area contributed by atoms with Crippen molar-refractivity contribution < 1.29 is 0 Å². The highest BCUT2D eigenvalue weighted by atomic mass is 35.5. The van der Waals surface area contributed by atoms with Crippen molar-refractivity contribution in [1.29, 1.82) is 0 Å². The molecule has 0 N–H and O–H groups in total. The molecule has 0 aliphatic carbocycles. The van der Waals surface area contributed by atoms with E-state index in [1.807, 2.05) is 35.7 Å². The summed E-state index contributed by atoms with van der Waals surface area (Å²) in [5.41, 5.74) is 2.37. The van der Waals surface area contributed by atoms with E-state index in [0.717, 1.165) is 11.1 Å². The Morgan fingerprint density at radius 1 is 1.04 bits per heavy atom. The van der Waals surface area contributed by atoms with Crippen molar-refractivity contribution >= 4 is 56.4 Å². The van der Waals surface area contributed by atoms with E-state index in [4.69, 9.17) is 34.8 Å². The molecule has 0 spiro atoms. The van der Waals surface area contributed by atoms with Gasteiger partial charge in [0.25, 0.3) is 5.56 Å². The SMILES string of the molecule is O=c1c2c(-c3ccccc3)csc2ncn1Cc1c(Cl)cc(Cl)cc1Cl. The Morgan fingerprint density at radius 2 is 1.73 bits per heavy atom. The fraction of sp³-hybridized carbons (Fsp3) is 0.0526. The molecule has 2 aromatic carbocycles. The van der Waals surface area contributed by atoms with E-state index in [1.54, 1.807) is 12.1 Å². The van der Waals surface area contributed by atoms with Crippen molar-refractivity contribution in [2.24, 2.45) is 0 Å². The topological polar surface area (TPSA) is 34.9 Å². The third-order valence-corrected chi connectivity index (χ3v) is 5.86. The molecule has 0 saturated heterocycles. The number of rotatable bonds is 3. The van der Waals surface area contributed by atoms with E-state index in [1.165, 1.54) is 22.2 Å². The van der Waals surface area contributed by atoms with Crippen molar-refractivity contribution in [2.75, 3.05) is 0 Å². The summed E-state index contributed by atoms with van der Waals surface area (Å²) in [6.07, 6.45) is 1.53. The Balaban J connectivity index is 1.86. The Bertz CT molecular complexity index is 1150. The van der Waals surface area contributed by atoms with Gasteiger partial charge < -0.3 is 0 Å². The van der Waals surface area contributed by atoms with Crippen LogP contribution in [-0.2, 0) is 6.54 Å². The van der Waals surface area contributed by atoms with Crippen LogP contribution in [0.1, 0.15) is 5.56 Å². The molecule has 0 radical (unpaired) electrons. The van der Waals surface area contributed by atoms with E-state index in [2.05, 4.69) is 4.98 Å². The van der Waals surface area contributed by atoms with Gasteiger partial charge in [0.15, 0.2) is 0 Å². The number of benzene rings is 2. The third-order valence-electron chi connectivity index (χ3n) is 4.08. The van der Waals surface area contributed by atoms with Gasteiger partial charge in [-0.15, -0.1) is 11.3 Å². The maximum Gasteiger partial charge on any atom is 0.263 e. The molecule has 2 aromatic heterocycles. The lowest BCUT2D eigenvalue weighted by molar-refractivity contribution is 0.750. The third kappa shape index (κ3) is 3.14. The second-order valence-corrected chi connectivity index (χ2v) is 7.83. The van der Waals surface area contributed by atoms with Crippen LogP contribution in [0.4, 0.5) is 0 Å². The number of thiophene rings is 1. The summed E-state index contributed by atoms with van der Waals surface area (Å²) in [4.78, 5) is 18.2. The Morgan fingerprint density at radius 3 is 2.42 bits per heavy atom. The zero-order chi connectivity index (χ0) is 18.3.